The van der Waals surface area contributed by atoms with Crippen molar-refractivity contribution in [3.05, 3.63) is 22.4 Å². The van der Waals surface area contributed by atoms with Crippen LogP contribution in [0.15, 0.2) is 16.9 Å². The maximum atomic E-state index is 10.9. The first-order chi connectivity index (χ1) is 6.66. The molecule has 0 spiro atoms. The highest BCUT2D eigenvalue weighted by atomic mass is 79.9. The molecule has 2 rings (SSSR count). The Morgan fingerprint density at radius 3 is 2.93 bits per heavy atom. The number of pyridine rings is 1. The quantitative estimate of drug-likeness (QED) is 0.834. The van der Waals surface area contributed by atoms with E-state index in [9.17, 15) is 4.79 Å². The summed E-state index contributed by atoms with van der Waals surface area (Å²) in [7, 11) is 0. The zero-order valence-electron chi connectivity index (χ0n) is 7.37. The molecular formula is C9H9BrN2O2. The van der Waals surface area contributed by atoms with Crippen LogP contribution in [0.3, 0.4) is 0 Å². The molecule has 1 fully saturated rings. The molecule has 0 saturated heterocycles. The van der Waals surface area contributed by atoms with Gasteiger partial charge in [0.2, 0.25) is 5.91 Å². The van der Waals surface area contributed by atoms with Gasteiger partial charge in [-0.2, -0.15) is 0 Å². The highest BCUT2D eigenvalue weighted by Crippen LogP contribution is 2.31. The van der Waals surface area contributed by atoms with Crippen LogP contribution in [0, 0.1) is 0 Å². The Morgan fingerprint density at radius 1 is 1.64 bits per heavy atom. The van der Waals surface area contributed by atoms with E-state index in [0.29, 0.717) is 15.9 Å². The lowest BCUT2D eigenvalue weighted by molar-refractivity contribution is 0.0999. The molecule has 1 aromatic rings. The van der Waals surface area contributed by atoms with Gasteiger partial charge in [0.1, 0.15) is 4.60 Å². The molecule has 0 unspecified atom stereocenters. The number of carbonyl (C=O) groups excluding carboxylic acids is 1. The monoisotopic (exact) mass is 256 g/mol. The summed E-state index contributed by atoms with van der Waals surface area (Å²) in [5.74, 6) is 0.0921. The third-order valence-electron chi connectivity index (χ3n) is 1.91. The Kier molecular flexibility index (Phi) is 2.41. The van der Waals surface area contributed by atoms with Gasteiger partial charge in [0.25, 0.3) is 0 Å². The van der Waals surface area contributed by atoms with Crippen molar-refractivity contribution in [1.82, 2.24) is 4.98 Å². The predicted molar refractivity (Wildman–Crippen MR) is 54.1 cm³/mol. The molecule has 0 aromatic carbocycles. The van der Waals surface area contributed by atoms with Crippen LogP contribution in [0.5, 0.6) is 5.75 Å². The molecule has 0 atom stereocenters. The zero-order chi connectivity index (χ0) is 10.1. The van der Waals surface area contributed by atoms with Crippen molar-refractivity contribution >= 4 is 21.8 Å². The minimum Gasteiger partial charge on any atom is -0.488 e. The summed E-state index contributed by atoms with van der Waals surface area (Å²) < 4.78 is 6.14. The van der Waals surface area contributed by atoms with Gasteiger partial charge in [-0.1, -0.05) is 0 Å². The van der Waals surface area contributed by atoms with Gasteiger partial charge in [0.05, 0.1) is 11.7 Å². The topological polar surface area (TPSA) is 65.2 Å². The number of aromatic nitrogens is 1. The number of amides is 1. The van der Waals surface area contributed by atoms with Gasteiger partial charge in [-0.05, 0) is 34.8 Å². The number of hydrogen-bond acceptors (Lipinski definition) is 3. The van der Waals surface area contributed by atoms with Crippen LogP contribution in [-0.4, -0.2) is 17.0 Å². The Hall–Kier alpha value is -1.10. The molecule has 2 N–H and O–H groups in total. The molecule has 0 aliphatic heterocycles. The maximum absolute atomic E-state index is 10.9. The second-order valence-electron chi connectivity index (χ2n) is 3.19. The Morgan fingerprint density at radius 2 is 2.36 bits per heavy atom. The minimum absolute atomic E-state index is 0.274. The van der Waals surface area contributed by atoms with Crippen molar-refractivity contribution in [3.63, 3.8) is 0 Å². The zero-order valence-corrected chi connectivity index (χ0v) is 8.95. The van der Waals surface area contributed by atoms with Crippen LogP contribution in [0.1, 0.15) is 23.2 Å². The lowest BCUT2D eigenvalue weighted by Crippen LogP contribution is -2.12. The lowest BCUT2D eigenvalue weighted by atomic mass is 10.3. The summed E-state index contributed by atoms with van der Waals surface area (Å²) in [5, 5.41) is 0. The fourth-order valence-electron chi connectivity index (χ4n) is 1.01. The van der Waals surface area contributed by atoms with Crippen molar-refractivity contribution in [3.8, 4) is 5.75 Å². The van der Waals surface area contributed by atoms with Gasteiger partial charge in [-0.25, -0.2) is 4.98 Å². The van der Waals surface area contributed by atoms with Crippen LogP contribution in [0.2, 0.25) is 0 Å². The van der Waals surface area contributed by atoms with Gasteiger partial charge in [0.15, 0.2) is 5.75 Å². The molecule has 1 saturated carbocycles. The second kappa shape index (κ2) is 3.57. The van der Waals surface area contributed by atoms with E-state index < -0.39 is 5.91 Å². The Bertz CT molecular complexity index is 377. The third-order valence-corrected chi connectivity index (χ3v) is 2.50. The van der Waals surface area contributed by atoms with E-state index in [1.165, 1.54) is 6.20 Å². The SMILES string of the molecule is NC(=O)c1cnc(Br)c(OC2CC2)c1. The summed E-state index contributed by atoms with van der Waals surface area (Å²) in [5.41, 5.74) is 5.49. The summed E-state index contributed by atoms with van der Waals surface area (Å²) in [6.45, 7) is 0. The van der Waals surface area contributed by atoms with E-state index in [-0.39, 0.29) is 6.10 Å². The molecule has 0 bridgehead atoms. The summed E-state index contributed by atoms with van der Waals surface area (Å²) in [4.78, 5) is 14.8. The lowest BCUT2D eigenvalue weighted by Gasteiger charge is -2.06. The van der Waals surface area contributed by atoms with Crippen LogP contribution in [0.4, 0.5) is 0 Å². The third kappa shape index (κ3) is 2.04. The highest BCUT2D eigenvalue weighted by molar-refractivity contribution is 9.10. The van der Waals surface area contributed by atoms with Crippen LogP contribution >= 0.6 is 15.9 Å². The molecule has 0 radical (unpaired) electrons. The number of ether oxygens (including phenoxy) is 1. The molecule has 1 aliphatic rings. The smallest absolute Gasteiger partial charge is 0.250 e. The molecule has 74 valence electrons. The Labute approximate surface area is 89.6 Å². The standard InChI is InChI=1S/C9H9BrN2O2/c10-8-7(14-6-1-2-6)3-5(4-12-8)9(11)13/h3-4,6H,1-2H2,(H2,11,13). The van der Waals surface area contributed by atoms with Crippen molar-refractivity contribution in [2.45, 2.75) is 18.9 Å². The van der Waals surface area contributed by atoms with Gasteiger partial charge < -0.3 is 10.5 Å². The van der Waals surface area contributed by atoms with E-state index in [2.05, 4.69) is 20.9 Å². The first-order valence-corrected chi connectivity index (χ1v) is 5.08. The predicted octanol–water partition coefficient (Wildman–Crippen LogP) is 1.48. The number of nitrogens with two attached hydrogens (primary N) is 1. The normalized spacial score (nSPS) is 15.2. The molecule has 1 aromatic heterocycles. The van der Waals surface area contributed by atoms with Crippen molar-refractivity contribution in [2.75, 3.05) is 0 Å². The molecule has 4 nitrogen and oxygen atoms in total. The van der Waals surface area contributed by atoms with Crippen LogP contribution in [0.25, 0.3) is 0 Å². The molecule has 14 heavy (non-hydrogen) atoms. The van der Waals surface area contributed by atoms with Gasteiger partial charge in [-0.3, -0.25) is 4.79 Å². The van der Waals surface area contributed by atoms with E-state index in [1.807, 2.05) is 0 Å². The highest BCUT2D eigenvalue weighted by Gasteiger charge is 2.24. The number of hydrogen-bond donors (Lipinski definition) is 1. The number of carbonyl (C=O) groups is 1. The number of halogens is 1. The van der Waals surface area contributed by atoms with Crippen molar-refractivity contribution < 1.29 is 9.53 Å². The average Bonchev–Trinajstić information content (AvgIpc) is 2.92. The second-order valence-corrected chi connectivity index (χ2v) is 3.95. The van der Waals surface area contributed by atoms with Gasteiger partial charge >= 0.3 is 0 Å². The Balaban J connectivity index is 2.26. The molecule has 5 heteroatoms. The van der Waals surface area contributed by atoms with Crippen molar-refractivity contribution in [1.29, 1.82) is 0 Å². The number of rotatable bonds is 3. The average molecular weight is 257 g/mol. The first kappa shape index (κ1) is 9.45. The molecule has 1 aliphatic carbocycles. The van der Waals surface area contributed by atoms with E-state index in [4.69, 9.17) is 10.5 Å². The maximum Gasteiger partial charge on any atom is 0.250 e. The summed E-state index contributed by atoms with van der Waals surface area (Å²) >= 11 is 3.25. The minimum atomic E-state index is -0.495. The van der Waals surface area contributed by atoms with E-state index in [0.717, 1.165) is 12.8 Å². The number of nitrogens with zero attached hydrogens (tertiary/aromatic N) is 1. The molecular weight excluding hydrogens is 248 g/mol. The summed E-state index contributed by atoms with van der Waals surface area (Å²) in [6, 6.07) is 1.61. The van der Waals surface area contributed by atoms with E-state index >= 15 is 0 Å². The van der Waals surface area contributed by atoms with Crippen molar-refractivity contribution in [2.24, 2.45) is 5.73 Å². The van der Waals surface area contributed by atoms with Gasteiger partial charge in [-0.15, -0.1) is 0 Å². The number of primary amides is 1. The van der Waals surface area contributed by atoms with Gasteiger partial charge in [0, 0.05) is 6.20 Å². The molecule has 1 heterocycles. The summed E-state index contributed by atoms with van der Waals surface area (Å²) in [6.07, 6.45) is 3.82. The largest absolute Gasteiger partial charge is 0.488 e. The fourth-order valence-corrected chi connectivity index (χ4v) is 1.32. The first-order valence-electron chi connectivity index (χ1n) is 4.29. The van der Waals surface area contributed by atoms with E-state index in [1.54, 1.807) is 6.07 Å². The molecule has 1 amide bonds. The van der Waals surface area contributed by atoms with Crippen LogP contribution in [-0.2, 0) is 0 Å². The van der Waals surface area contributed by atoms with Crippen LogP contribution < -0.4 is 10.5 Å². The fraction of sp³-hybridized carbons (Fsp3) is 0.333.